The fourth-order valence-corrected chi connectivity index (χ4v) is 4.21. The van der Waals surface area contributed by atoms with Crippen LogP contribution in [0.1, 0.15) is 79.1 Å². The number of piperidine rings is 1. The SMILES string of the molecule is CC(CC1CCCCN1)NC(CNC(=O)OC(C)(C)C)C1CCCC1. The summed E-state index contributed by atoms with van der Waals surface area (Å²) in [5.41, 5.74) is -0.444. The maximum atomic E-state index is 12.0. The molecule has 1 aliphatic carbocycles. The molecule has 3 N–H and O–H groups in total. The van der Waals surface area contributed by atoms with Crippen LogP contribution in [0.25, 0.3) is 0 Å². The highest BCUT2D eigenvalue weighted by Gasteiger charge is 2.28. The molecular formula is C20H39N3O2. The van der Waals surface area contributed by atoms with Crippen molar-refractivity contribution in [3.8, 4) is 0 Å². The largest absolute Gasteiger partial charge is 0.444 e. The molecule has 0 bridgehead atoms. The fourth-order valence-electron chi connectivity index (χ4n) is 4.21. The van der Waals surface area contributed by atoms with E-state index < -0.39 is 5.60 Å². The van der Waals surface area contributed by atoms with E-state index in [2.05, 4.69) is 22.9 Å². The van der Waals surface area contributed by atoms with Crippen LogP contribution in [0.15, 0.2) is 0 Å². The molecule has 3 atom stereocenters. The molecule has 0 radical (unpaired) electrons. The monoisotopic (exact) mass is 353 g/mol. The zero-order chi connectivity index (χ0) is 18.3. The van der Waals surface area contributed by atoms with Crippen molar-refractivity contribution in [3.63, 3.8) is 0 Å². The number of ether oxygens (including phenoxy) is 1. The lowest BCUT2D eigenvalue weighted by molar-refractivity contribution is 0.0516. The third kappa shape index (κ3) is 7.95. The highest BCUT2D eigenvalue weighted by atomic mass is 16.6. The van der Waals surface area contributed by atoms with E-state index in [-0.39, 0.29) is 6.09 Å². The average molecular weight is 354 g/mol. The average Bonchev–Trinajstić information content (AvgIpc) is 3.05. The molecular weight excluding hydrogens is 314 g/mol. The Labute approximate surface area is 154 Å². The number of carbonyl (C=O) groups is 1. The molecule has 0 spiro atoms. The van der Waals surface area contributed by atoms with Crippen molar-refractivity contribution in [2.75, 3.05) is 13.1 Å². The summed E-state index contributed by atoms with van der Waals surface area (Å²) in [6.07, 6.45) is 9.95. The van der Waals surface area contributed by atoms with Gasteiger partial charge >= 0.3 is 6.09 Å². The van der Waals surface area contributed by atoms with Gasteiger partial charge in [0.1, 0.15) is 5.60 Å². The van der Waals surface area contributed by atoms with E-state index in [1.165, 1.54) is 44.9 Å². The molecule has 25 heavy (non-hydrogen) atoms. The Morgan fingerprint density at radius 3 is 2.44 bits per heavy atom. The van der Waals surface area contributed by atoms with Crippen molar-refractivity contribution in [1.29, 1.82) is 0 Å². The molecule has 3 unspecified atom stereocenters. The number of rotatable bonds is 7. The number of hydrogen-bond donors (Lipinski definition) is 3. The van der Waals surface area contributed by atoms with Crippen LogP contribution < -0.4 is 16.0 Å². The van der Waals surface area contributed by atoms with Crippen LogP contribution >= 0.6 is 0 Å². The molecule has 1 aliphatic heterocycles. The molecule has 146 valence electrons. The number of alkyl carbamates (subject to hydrolysis) is 1. The molecule has 2 fully saturated rings. The van der Waals surface area contributed by atoms with Crippen LogP contribution in [0.3, 0.4) is 0 Å². The van der Waals surface area contributed by atoms with Crippen molar-refractivity contribution in [3.05, 3.63) is 0 Å². The van der Waals surface area contributed by atoms with Gasteiger partial charge in [-0.3, -0.25) is 0 Å². The first-order chi connectivity index (χ1) is 11.8. The van der Waals surface area contributed by atoms with Crippen LogP contribution in [-0.2, 0) is 4.74 Å². The van der Waals surface area contributed by atoms with Gasteiger partial charge in [0.25, 0.3) is 0 Å². The van der Waals surface area contributed by atoms with Crippen LogP contribution in [0.4, 0.5) is 4.79 Å². The first-order valence-corrected chi connectivity index (χ1v) is 10.3. The van der Waals surface area contributed by atoms with Gasteiger partial charge in [-0.2, -0.15) is 0 Å². The van der Waals surface area contributed by atoms with Gasteiger partial charge < -0.3 is 20.7 Å². The molecule has 2 rings (SSSR count). The minimum Gasteiger partial charge on any atom is -0.444 e. The van der Waals surface area contributed by atoms with E-state index >= 15 is 0 Å². The van der Waals surface area contributed by atoms with Crippen LogP contribution in [0.5, 0.6) is 0 Å². The minimum atomic E-state index is -0.444. The van der Waals surface area contributed by atoms with Crippen LogP contribution in [-0.4, -0.2) is 42.9 Å². The van der Waals surface area contributed by atoms with Crippen molar-refractivity contribution in [2.45, 2.75) is 103 Å². The van der Waals surface area contributed by atoms with Crippen molar-refractivity contribution in [1.82, 2.24) is 16.0 Å². The van der Waals surface area contributed by atoms with Gasteiger partial charge in [0, 0.05) is 24.7 Å². The summed E-state index contributed by atoms with van der Waals surface area (Å²) in [6, 6.07) is 1.44. The van der Waals surface area contributed by atoms with Gasteiger partial charge in [-0.25, -0.2) is 4.79 Å². The minimum absolute atomic E-state index is 0.307. The lowest BCUT2D eigenvalue weighted by Crippen LogP contribution is -2.50. The van der Waals surface area contributed by atoms with E-state index in [9.17, 15) is 4.79 Å². The Hall–Kier alpha value is -0.810. The maximum absolute atomic E-state index is 12.0. The number of carbonyl (C=O) groups excluding carboxylic acids is 1. The summed E-state index contributed by atoms with van der Waals surface area (Å²) in [5, 5.41) is 10.4. The fraction of sp³-hybridized carbons (Fsp3) is 0.950. The Kier molecular flexibility index (Phi) is 8.01. The van der Waals surface area contributed by atoms with Crippen molar-refractivity contribution in [2.24, 2.45) is 5.92 Å². The topological polar surface area (TPSA) is 62.4 Å². The molecule has 1 amide bonds. The number of hydrogen-bond acceptors (Lipinski definition) is 4. The summed E-state index contributed by atoms with van der Waals surface area (Å²) in [7, 11) is 0. The first kappa shape index (κ1) is 20.5. The van der Waals surface area contributed by atoms with Crippen LogP contribution in [0, 0.1) is 5.92 Å². The highest BCUT2D eigenvalue weighted by molar-refractivity contribution is 5.67. The number of nitrogens with one attached hydrogen (secondary N) is 3. The molecule has 0 aromatic carbocycles. The molecule has 2 aliphatic rings. The quantitative estimate of drug-likeness (QED) is 0.655. The predicted molar refractivity (Wildman–Crippen MR) is 103 cm³/mol. The van der Waals surface area contributed by atoms with Gasteiger partial charge in [0.15, 0.2) is 0 Å². The van der Waals surface area contributed by atoms with E-state index in [4.69, 9.17) is 4.74 Å². The normalized spacial score (nSPS) is 24.7. The highest BCUT2D eigenvalue weighted by Crippen LogP contribution is 2.28. The third-order valence-corrected chi connectivity index (χ3v) is 5.38. The van der Waals surface area contributed by atoms with E-state index in [0.29, 0.717) is 30.6 Å². The zero-order valence-electron chi connectivity index (χ0n) is 16.7. The van der Waals surface area contributed by atoms with Gasteiger partial charge in [-0.15, -0.1) is 0 Å². The van der Waals surface area contributed by atoms with Crippen molar-refractivity contribution < 1.29 is 9.53 Å². The Balaban J connectivity index is 1.81. The molecule has 5 nitrogen and oxygen atoms in total. The Bertz CT molecular complexity index is 396. The Morgan fingerprint density at radius 2 is 1.84 bits per heavy atom. The van der Waals surface area contributed by atoms with E-state index in [1.54, 1.807) is 0 Å². The van der Waals surface area contributed by atoms with E-state index in [0.717, 1.165) is 13.0 Å². The Morgan fingerprint density at radius 1 is 1.16 bits per heavy atom. The van der Waals surface area contributed by atoms with Crippen molar-refractivity contribution >= 4 is 6.09 Å². The second-order valence-electron chi connectivity index (χ2n) is 8.98. The summed E-state index contributed by atoms with van der Waals surface area (Å²) in [4.78, 5) is 12.0. The molecule has 0 aromatic heterocycles. The standard InChI is InChI=1S/C20H39N3O2/c1-15(13-17-11-7-8-12-21-17)23-18(16-9-5-6-10-16)14-22-19(24)25-20(2,3)4/h15-18,21,23H,5-14H2,1-4H3,(H,22,24). The van der Waals surface area contributed by atoms with Gasteiger partial charge in [-0.05, 0) is 72.3 Å². The van der Waals surface area contributed by atoms with Gasteiger partial charge in [-0.1, -0.05) is 19.3 Å². The lowest BCUT2D eigenvalue weighted by atomic mass is 9.94. The van der Waals surface area contributed by atoms with E-state index in [1.807, 2.05) is 20.8 Å². The second-order valence-corrected chi connectivity index (χ2v) is 8.98. The third-order valence-electron chi connectivity index (χ3n) is 5.38. The summed E-state index contributed by atoms with van der Waals surface area (Å²) in [5.74, 6) is 0.664. The molecule has 1 heterocycles. The summed E-state index contributed by atoms with van der Waals surface area (Å²) in [6.45, 7) is 9.80. The van der Waals surface area contributed by atoms with Gasteiger partial charge in [0.2, 0.25) is 0 Å². The molecule has 1 saturated carbocycles. The predicted octanol–water partition coefficient (Wildman–Crippen LogP) is 3.58. The molecule has 5 heteroatoms. The zero-order valence-corrected chi connectivity index (χ0v) is 16.7. The summed E-state index contributed by atoms with van der Waals surface area (Å²) < 4.78 is 5.39. The maximum Gasteiger partial charge on any atom is 0.407 e. The first-order valence-electron chi connectivity index (χ1n) is 10.3. The molecule has 0 aromatic rings. The number of amides is 1. The second kappa shape index (κ2) is 9.77. The summed E-state index contributed by atoms with van der Waals surface area (Å²) >= 11 is 0. The molecule has 1 saturated heterocycles. The smallest absolute Gasteiger partial charge is 0.407 e. The van der Waals surface area contributed by atoms with Gasteiger partial charge in [0.05, 0.1) is 0 Å². The van der Waals surface area contributed by atoms with Crippen LogP contribution in [0.2, 0.25) is 0 Å². The lowest BCUT2D eigenvalue weighted by Gasteiger charge is -2.32.